The van der Waals surface area contributed by atoms with E-state index in [-0.39, 0.29) is 11.8 Å². The zero-order chi connectivity index (χ0) is 19.5. The summed E-state index contributed by atoms with van der Waals surface area (Å²) in [5, 5.41) is 4.53. The average molecular weight is 389 g/mol. The van der Waals surface area contributed by atoms with Crippen molar-refractivity contribution in [2.24, 2.45) is 0 Å². The summed E-state index contributed by atoms with van der Waals surface area (Å²) in [6.07, 6.45) is 3.89. The molecule has 0 amide bonds. The molecule has 28 heavy (non-hydrogen) atoms. The minimum atomic E-state index is -0.165. The van der Waals surface area contributed by atoms with E-state index in [1.165, 1.54) is 22.1 Å². The smallest absolute Gasteiger partial charge is 0.154 e. The number of aromatic amines is 1. The van der Waals surface area contributed by atoms with Gasteiger partial charge in [-0.2, -0.15) is 0 Å². The van der Waals surface area contributed by atoms with Crippen LogP contribution in [0, 0.1) is 6.92 Å². The predicted octanol–water partition coefficient (Wildman–Crippen LogP) is 4.79. The molecule has 1 atom stereocenters. The predicted molar refractivity (Wildman–Crippen MR) is 120 cm³/mol. The lowest BCUT2D eigenvalue weighted by molar-refractivity contribution is -0.119. The van der Waals surface area contributed by atoms with E-state index >= 15 is 0 Å². The van der Waals surface area contributed by atoms with Crippen LogP contribution in [0.25, 0.3) is 16.5 Å². The van der Waals surface area contributed by atoms with Gasteiger partial charge in [0, 0.05) is 40.8 Å². The van der Waals surface area contributed by atoms with Crippen molar-refractivity contribution < 1.29 is 4.79 Å². The lowest BCUT2D eigenvalue weighted by Gasteiger charge is -2.23. The molecule has 3 aromatic rings. The number of nitrogens with one attached hydrogen (secondary N) is 2. The summed E-state index contributed by atoms with van der Waals surface area (Å²) in [4.78, 5) is 17.1. The molecule has 2 aromatic carbocycles. The van der Waals surface area contributed by atoms with Gasteiger partial charge < -0.3 is 10.3 Å². The zero-order valence-electron chi connectivity index (χ0n) is 16.0. The molecule has 0 aliphatic carbocycles. The first-order valence-corrected chi connectivity index (χ1v) is 10.1. The lowest BCUT2D eigenvalue weighted by Crippen LogP contribution is -2.40. The number of rotatable bonds is 6. The van der Waals surface area contributed by atoms with Crippen molar-refractivity contribution in [2.75, 3.05) is 6.54 Å². The third-order valence-electron chi connectivity index (χ3n) is 5.44. The largest absolute Gasteiger partial charge is 0.358 e. The number of Topliss-reactive ketones (excluding diaryl/α,β-unsaturated/α-hetero) is 1. The Kier molecular flexibility index (Phi) is 5.51. The molecule has 3 nitrogen and oxygen atoms in total. The molecule has 0 fully saturated rings. The van der Waals surface area contributed by atoms with Crippen molar-refractivity contribution in [2.45, 2.75) is 32.2 Å². The van der Waals surface area contributed by atoms with Gasteiger partial charge in [0.15, 0.2) is 5.78 Å². The Morgan fingerprint density at radius 3 is 2.68 bits per heavy atom. The molecule has 4 heteroatoms. The molecule has 4 rings (SSSR count). The monoisotopic (exact) mass is 388 g/mol. The summed E-state index contributed by atoms with van der Waals surface area (Å²) < 4.78 is 0. The number of para-hydroxylation sites is 1. The average Bonchev–Trinajstić information content (AvgIpc) is 3.04. The molecule has 0 saturated carbocycles. The normalized spacial score (nSPS) is 16.8. The van der Waals surface area contributed by atoms with Crippen LogP contribution in [-0.4, -0.2) is 28.2 Å². The standard InChI is InChI=1S/C24H24N2OS/c1-16-21(20-9-5-6-10-22(20)26-16)14-19(28)15-24(27)23-13-18(11-12-25-23)17-7-3-2-4-8-17/h2-11,23,25-26H,12-15H2,1H3. The summed E-state index contributed by atoms with van der Waals surface area (Å²) in [7, 11) is 0. The van der Waals surface area contributed by atoms with Gasteiger partial charge in [-0.25, -0.2) is 0 Å². The van der Waals surface area contributed by atoms with E-state index in [0.717, 1.165) is 29.0 Å². The molecule has 1 aliphatic heterocycles. The van der Waals surface area contributed by atoms with Crippen molar-refractivity contribution in [1.82, 2.24) is 10.3 Å². The number of benzene rings is 2. The second-order valence-electron chi connectivity index (χ2n) is 7.39. The van der Waals surface area contributed by atoms with Crippen LogP contribution in [0.1, 0.15) is 29.7 Å². The van der Waals surface area contributed by atoms with E-state index in [2.05, 4.69) is 47.6 Å². The maximum Gasteiger partial charge on any atom is 0.154 e. The Morgan fingerprint density at radius 2 is 1.86 bits per heavy atom. The van der Waals surface area contributed by atoms with Gasteiger partial charge in [-0.1, -0.05) is 66.8 Å². The quantitative estimate of drug-likeness (QED) is 0.597. The molecule has 142 valence electrons. The molecule has 1 aliphatic rings. The van der Waals surface area contributed by atoms with E-state index in [0.29, 0.717) is 12.8 Å². The van der Waals surface area contributed by atoms with Gasteiger partial charge >= 0.3 is 0 Å². The van der Waals surface area contributed by atoms with Gasteiger partial charge in [0.1, 0.15) is 0 Å². The first-order valence-electron chi connectivity index (χ1n) is 9.70. The topological polar surface area (TPSA) is 44.9 Å². The Hall–Kier alpha value is -2.56. The maximum atomic E-state index is 12.9. The molecular formula is C24H24N2OS. The number of aryl methyl sites for hydroxylation is 1. The first-order chi connectivity index (χ1) is 13.6. The van der Waals surface area contributed by atoms with Crippen molar-refractivity contribution in [3.05, 3.63) is 77.5 Å². The van der Waals surface area contributed by atoms with Gasteiger partial charge in [0.05, 0.1) is 6.04 Å². The molecule has 2 heterocycles. The molecule has 1 unspecified atom stereocenters. The minimum absolute atomic E-state index is 0.165. The first kappa shape index (κ1) is 18.8. The molecular weight excluding hydrogens is 364 g/mol. The molecule has 0 bridgehead atoms. The molecule has 2 N–H and O–H groups in total. The fourth-order valence-corrected chi connectivity index (χ4v) is 4.24. The SMILES string of the molecule is Cc1[nH]c2ccccc2c1CC(=S)CC(=O)C1CC(c2ccccc2)=CCN1. The van der Waals surface area contributed by atoms with Crippen molar-refractivity contribution in [1.29, 1.82) is 0 Å². The Bertz CT molecular complexity index is 1050. The number of carbonyl (C=O) groups excluding carboxylic acids is 1. The molecule has 0 saturated heterocycles. The van der Waals surface area contributed by atoms with Gasteiger partial charge in [-0.05, 0) is 36.1 Å². The number of fused-ring (bicyclic) bond motifs is 1. The Morgan fingerprint density at radius 1 is 1.11 bits per heavy atom. The van der Waals surface area contributed by atoms with E-state index < -0.39 is 0 Å². The number of hydrogen-bond donors (Lipinski definition) is 2. The van der Waals surface area contributed by atoms with E-state index in [1.54, 1.807) is 0 Å². The van der Waals surface area contributed by atoms with Crippen LogP contribution < -0.4 is 5.32 Å². The third kappa shape index (κ3) is 3.98. The number of ketones is 1. The minimum Gasteiger partial charge on any atom is -0.358 e. The fraction of sp³-hybridized carbons (Fsp3) is 0.250. The number of H-pyrrole nitrogens is 1. The molecule has 0 radical (unpaired) electrons. The summed E-state index contributed by atoms with van der Waals surface area (Å²) in [6.45, 7) is 2.79. The van der Waals surface area contributed by atoms with Gasteiger partial charge in [0.2, 0.25) is 0 Å². The van der Waals surface area contributed by atoms with Crippen LogP contribution >= 0.6 is 12.2 Å². The number of hydrogen-bond acceptors (Lipinski definition) is 3. The summed E-state index contributed by atoms with van der Waals surface area (Å²) in [5.41, 5.74) is 5.88. The lowest BCUT2D eigenvalue weighted by atomic mass is 9.91. The summed E-state index contributed by atoms with van der Waals surface area (Å²) >= 11 is 5.62. The molecule has 1 aromatic heterocycles. The highest BCUT2D eigenvalue weighted by Gasteiger charge is 2.24. The third-order valence-corrected chi connectivity index (χ3v) is 5.73. The number of aromatic nitrogens is 1. The highest BCUT2D eigenvalue weighted by Crippen LogP contribution is 2.25. The summed E-state index contributed by atoms with van der Waals surface area (Å²) in [5.74, 6) is 0.184. The van der Waals surface area contributed by atoms with Crippen LogP contribution in [0.5, 0.6) is 0 Å². The van der Waals surface area contributed by atoms with Crippen molar-refractivity contribution in [3.63, 3.8) is 0 Å². The van der Waals surface area contributed by atoms with Gasteiger partial charge in [0.25, 0.3) is 0 Å². The fourth-order valence-electron chi connectivity index (χ4n) is 3.96. The van der Waals surface area contributed by atoms with E-state index in [1.807, 2.05) is 30.3 Å². The number of carbonyl (C=O) groups is 1. The van der Waals surface area contributed by atoms with Gasteiger partial charge in [-0.15, -0.1) is 0 Å². The van der Waals surface area contributed by atoms with E-state index in [9.17, 15) is 4.79 Å². The molecule has 0 spiro atoms. The van der Waals surface area contributed by atoms with Crippen LogP contribution in [-0.2, 0) is 11.2 Å². The highest BCUT2D eigenvalue weighted by molar-refractivity contribution is 7.80. The second-order valence-corrected chi connectivity index (χ2v) is 7.97. The Labute approximate surface area is 170 Å². The van der Waals surface area contributed by atoms with Gasteiger partial charge in [-0.3, -0.25) is 4.79 Å². The highest BCUT2D eigenvalue weighted by atomic mass is 32.1. The second kappa shape index (κ2) is 8.21. The van der Waals surface area contributed by atoms with Crippen LogP contribution in [0.15, 0.2) is 60.7 Å². The Balaban J connectivity index is 1.41. The van der Waals surface area contributed by atoms with Crippen molar-refractivity contribution in [3.8, 4) is 0 Å². The summed E-state index contributed by atoms with van der Waals surface area (Å²) in [6, 6.07) is 18.4. The van der Waals surface area contributed by atoms with E-state index in [4.69, 9.17) is 12.2 Å². The zero-order valence-corrected chi connectivity index (χ0v) is 16.8. The van der Waals surface area contributed by atoms with Crippen LogP contribution in [0.4, 0.5) is 0 Å². The van der Waals surface area contributed by atoms with Crippen molar-refractivity contribution >= 4 is 39.3 Å². The van der Waals surface area contributed by atoms with Crippen LogP contribution in [0.2, 0.25) is 0 Å². The van der Waals surface area contributed by atoms with Crippen LogP contribution in [0.3, 0.4) is 0 Å². The maximum absolute atomic E-state index is 12.9. The number of thiocarbonyl (C=S) groups is 1.